The molecule has 2 aliphatic heterocycles. The van der Waals surface area contributed by atoms with Crippen LogP contribution in [-0.2, 0) is 0 Å². The van der Waals surface area contributed by atoms with Gasteiger partial charge in [-0.05, 0) is 19.5 Å². The molecule has 0 aromatic heterocycles. The maximum Gasteiger partial charge on any atom is 0.0880 e. The minimum Gasteiger partial charge on any atom is -0.345 e. The minimum absolute atomic E-state index is 0.760. The Morgan fingerprint density at radius 3 is 2.60 bits per heavy atom. The molecule has 2 saturated heterocycles. The summed E-state index contributed by atoms with van der Waals surface area (Å²) in [5.74, 6) is 0. The molecule has 0 bridgehead atoms. The normalized spacial score (nSPS) is 30.9. The lowest BCUT2D eigenvalue weighted by Gasteiger charge is -2.34. The Morgan fingerprint density at radius 2 is 2.30 bits per heavy atom. The van der Waals surface area contributed by atoms with Gasteiger partial charge in [-0.15, -0.1) is 0 Å². The van der Waals surface area contributed by atoms with Crippen molar-refractivity contribution in [1.29, 1.82) is 0 Å². The number of rotatable bonds is 1. The maximum absolute atomic E-state index is 2.58. The van der Waals surface area contributed by atoms with Gasteiger partial charge in [-0.25, -0.2) is 0 Å². The van der Waals surface area contributed by atoms with Crippen molar-refractivity contribution in [3.63, 3.8) is 0 Å². The van der Waals surface area contributed by atoms with E-state index in [2.05, 4.69) is 17.1 Å². The van der Waals surface area contributed by atoms with E-state index < -0.39 is 0 Å². The summed E-state index contributed by atoms with van der Waals surface area (Å²) in [6.07, 6.45) is 1.46. The highest BCUT2D eigenvalue weighted by atomic mass is 15.2. The van der Waals surface area contributed by atoms with E-state index in [-0.39, 0.29) is 0 Å². The molecule has 1 spiro atoms. The molecule has 0 atom stereocenters. The molecule has 2 heterocycles. The van der Waals surface area contributed by atoms with Crippen molar-refractivity contribution in [3.05, 3.63) is 0 Å². The summed E-state index contributed by atoms with van der Waals surface area (Å²) < 4.78 is 0. The van der Waals surface area contributed by atoms with Crippen LogP contribution >= 0.6 is 0 Å². The zero-order chi connectivity index (χ0) is 7.03. The first kappa shape index (κ1) is 6.62. The van der Waals surface area contributed by atoms with Crippen LogP contribution in [0.15, 0.2) is 0 Å². The number of hydrogen-bond donors (Lipinski definition) is 1. The van der Waals surface area contributed by atoms with E-state index >= 15 is 0 Å². The van der Waals surface area contributed by atoms with Crippen LogP contribution in [0.5, 0.6) is 0 Å². The number of quaternary nitrogens is 1. The second-order valence-corrected chi connectivity index (χ2v) is 3.82. The SMILES string of the molecule is CCN1CCC2(C[NH2+]C2)C1. The van der Waals surface area contributed by atoms with Gasteiger partial charge in [0.2, 0.25) is 0 Å². The molecule has 2 rings (SSSR count). The lowest BCUT2D eigenvalue weighted by molar-refractivity contribution is -0.740. The minimum atomic E-state index is 0.760. The van der Waals surface area contributed by atoms with E-state index in [0.717, 1.165) is 5.41 Å². The van der Waals surface area contributed by atoms with Crippen molar-refractivity contribution >= 4 is 0 Å². The van der Waals surface area contributed by atoms with E-state index in [9.17, 15) is 0 Å². The first-order chi connectivity index (χ1) is 4.85. The van der Waals surface area contributed by atoms with Crippen LogP contribution in [-0.4, -0.2) is 37.6 Å². The largest absolute Gasteiger partial charge is 0.345 e. The van der Waals surface area contributed by atoms with Gasteiger partial charge in [0.1, 0.15) is 0 Å². The summed E-state index contributed by atoms with van der Waals surface area (Å²) in [5.41, 5.74) is 0.760. The smallest absolute Gasteiger partial charge is 0.0880 e. The van der Waals surface area contributed by atoms with Gasteiger partial charge in [0.15, 0.2) is 0 Å². The van der Waals surface area contributed by atoms with Crippen molar-refractivity contribution in [2.45, 2.75) is 13.3 Å². The van der Waals surface area contributed by atoms with Crippen LogP contribution in [0.3, 0.4) is 0 Å². The van der Waals surface area contributed by atoms with Crippen LogP contribution in [0.25, 0.3) is 0 Å². The van der Waals surface area contributed by atoms with Crippen LogP contribution in [0, 0.1) is 5.41 Å². The zero-order valence-corrected chi connectivity index (χ0v) is 6.77. The summed E-state index contributed by atoms with van der Waals surface area (Å²) in [5, 5.41) is 2.43. The van der Waals surface area contributed by atoms with Crippen molar-refractivity contribution in [3.8, 4) is 0 Å². The summed E-state index contributed by atoms with van der Waals surface area (Å²) in [6.45, 7) is 9.03. The van der Waals surface area contributed by atoms with Crippen molar-refractivity contribution in [2.24, 2.45) is 5.41 Å². The van der Waals surface area contributed by atoms with Crippen molar-refractivity contribution < 1.29 is 5.32 Å². The fourth-order valence-corrected chi connectivity index (χ4v) is 2.18. The summed E-state index contributed by atoms with van der Waals surface area (Å²) in [7, 11) is 0. The quantitative estimate of drug-likeness (QED) is 0.510. The van der Waals surface area contributed by atoms with Gasteiger partial charge in [-0.3, -0.25) is 0 Å². The van der Waals surface area contributed by atoms with E-state index in [1.807, 2.05) is 0 Å². The van der Waals surface area contributed by atoms with E-state index in [0.29, 0.717) is 0 Å². The Labute approximate surface area is 62.6 Å². The Kier molecular flexibility index (Phi) is 1.46. The van der Waals surface area contributed by atoms with Gasteiger partial charge in [-0.1, -0.05) is 6.92 Å². The fraction of sp³-hybridized carbons (Fsp3) is 1.00. The second kappa shape index (κ2) is 2.21. The molecular formula is C8H17N2+. The highest BCUT2D eigenvalue weighted by molar-refractivity contribution is 4.91. The molecule has 0 unspecified atom stereocenters. The molecule has 2 fully saturated rings. The summed E-state index contributed by atoms with van der Waals surface area (Å²) in [6, 6.07) is 0. The number of hydrogen-bond acceptors (Lipinski definition) is 1. The highest BCUT2D eigenvalue weighted by Crippen LogP contribution is 2.29. The van der Waals surface area contributed by atoms with E-state index in [1.165, 1.54) is 39.1 Å². The van der Waals surface area contributed by atoms with Gasteiger partial charge in [0, 0.05) is 6.54 Å². The zero-order valence-electron chi connectivity index (χ0n) is 6.77. The van der Waals surface area contributed by atoms with Crippen molar-refractivity contribution in [2.75, 3.05) is 32.7 Å². The lowest BCUT2D eigenvalue weighted by atomic mass is 9.81. The Bertz CT molecular complexity index is 129. The first-order valence-corrected chi connectivity index (χ1v) is 4.39. The van der Waals surface area contributed by atoms with Crippen molar-refractivity contribution in [1.82, 2.24) is 4.90 Å². The number of nitrogens with two attached hydrogens (primary N) is 1. The van der Waals surface area contributed by atoms with E-state index in [4.69, 9.17) is 0 Å². The molecule has 0 saturated carbocycles. The molecule has 2 heteroatoms. The molecular weight excluding hydrogens is 124 g/mol. The molecule has 2 aliphatic rings. The third-order valence-corrected chi connectivity index (χ3v) is 3.12. The van der Waals surface area contributed by atoms with Gasteiger partial charge >= 0.3 is 0 Å². The Balaban J connectivity index is 1.92. The van der Waals surface area contributed by atoms with Gasteiger partial charge < -0.3 is 10.2 Å². The first-order valence-electron chi connectivity index (χ1n) is 4.39. The lowest BCUT2D eigenvalue weighted by Crippen LogP contribution is -3.00. The third kappa shape index (κ3) is 0.867. The Hall–Kier alpha value is -0.0800. The monoisotopic (exact) mass is 141 g/mol. The maximum atomic E-state index is 2.58. The molecule has 2 nitrogen and oxygen atoms in total. The number of nitrogens with zero attached hydrogens (tertiary/aromatic N) is 1. The highest BCUT2D eigenvalue weighted by Gasteiger charge is 2.46. The topological polar surface area (TPSA) is 19.9 Å². The molecule has 0 amide bonds. The van der Waals surface area contributed by atoms with Crippen LogP contribution < -0.4 is 5.32 Å². The average molecular weight is 141 g/mol. The third-order valence-electron chi connectivity index (χ3n) is 3.12. The Morgan fingerprint density at radius 1 is 1.50 bits per heavy atom. The van der Waals surface area contributed by atoms with Crippen LogP contribution in [0.2, 0.25) is 0 Å². The number of likely N-dealkylation sites (tertiary alicyclic amines) is 1. The van der Waals surface area contributed by atoms with Gasteiger partial charge in [0.05, 0.1) is 18.5 Å². The summed E-state index contributed by atoms with van der Waals surface area (Å²) in [4.78, 5) is 2.58. The van der Waals surface area contributed by atoms with Crippen LogP contribution in [0.4, 0.5) is 0 Å². The van der Waals surface area contributed by atoms with E-state index in [1.54, 1.807) is 0 Å². The standard InChI is InChI=1S/C8H16N2/c1-2-10-4-3-8(7-10)5-9-6-8/h9H,2-7H2,1H3/p+1. The second-order valence-electron chi connectivity index (χ2n) is 3.82. The average Bonchev–Trinajstić information content (AvgIpc) is 2.29. The molecule has 0 aliphatic carbocycles. The van der Waals surface area contributed by atoms with Gasteiger partial charge in [0.25, 0.3) is 0 Å². The fourth-order valence-electron chi connectivity index (χ4n) is 2.18. The van der Waals surface area contributed by atoms with Gasteiger partial charge in [-0.2, -0.15) is 0 Å². The predicted molar refractivity (Wildman–Crippen MR) is 40.8 cm³/mol. The molecule has 0 aromatic carbocycles. The molecule has 10 heavy (non-hydrogen) atoms. The molecule has 2 N–H and O–H groups in total. The molecule has 58 valence electrons. The molecule has 0 radical (unpaired) electrons. The summed E-state index contributed by atoms with van der Waals surface area (Å²) >= 11 is 0. The predicted octanol–water partition coefficient (Wildman–Crippen LogP) is -0.725. The van der Waals surface area contributed by atoms with Crippen LogP contribution in [0.1, 0.15) is 13.3 Å². The molecule has 0 aromatic rings.